The van der Waals surface area contributed by atoms with E-state index in [1.54, 1.807) is 0 Å². The Morgan fingerprint density at radius 3 is 2.17 bits per heavy atom. The average Bonchev–Trinajstić information content (AvgIpc) is 2.52. The van der Waals surface area contributed by atoms with Crippen LogP contribution in [0, 0.1) is 0 Å². The first-order valence-corrected chi connectivity index (χ1v) is 11.1. The van der Waals surface area contributed by atoms with E-state index in [1.165, 1.54) is 12.1 Å². The summed E-state index contributed by atoms with van der Waals surface area (Å²) in [5.41, 5.74) is 0. The van der Waals surface area contributed by atoms with Crippen LogP contribution in [-0.4, -0.2) is 41.0 Å². The van der Waals surface area contributed by atoms with E-state index in [2.05, 4.69) is 13.8 Å². The minimum absolute atomic E-state index is 0.0373. The van der Waals surface area contributed by atoms with Crippen LogP contribution >= 0.6 is 46.7 Å². The molecule has 0 aliphatic heterocycles. The van der Waals surface area contributed by atoms with Gasteiger partial charge in [-0.15, -0.1) is 23.5 Å². The third-order valence-electron chi connectivity index (χ3n) is 3.12. The monoisotopic (exact) mass is 412 g/mol. The van der Waals surface area contributed by atoms with Gasteiger partial charge in [-0.25, -0.2) is 0 Å². The molecule has 0 amide bonds. The Labute approximate surface area is 163 Å². The molecule has 0 unspecified atom stereocenters. The van der Waals surface area contributed by atoms with E-state index < -0.39 is 0 Å². The largest absolute Gasteiger partial charge is 0.508 e. The molecule has 1 aromatic rings. The number of thioether (sulfide) groups is 2. The molecule has 0 aliphatic carbocycles. The van der Waals surface area contributed by atoms with Crippen molar-refractivity contribution in [3.05, 3.63) is 22.2 Å². The summed E-state index contributed by atoms with van der Waals surface area (Å²) in [6.45, 7) is 6.50. The normalized spacial score (nSPS) is 11.2. The fourth-order valence-corrected chi connectivity index (χ4v) is 4.95. The van der Waals surface area contributed by atoms with Crippen LogP contribution in [0.25, 0.3) is 0 Å². The molecule has 0 aromatic heterocycles. The maximum atomic E-state index is 9.38. The fourth-order valence-electron chi connectivity index (χ4n) is 2.04. The highest BCUT2D eigenvalue weighted by Crippen LogP contribution is 2.36. The average molecular weight is 413 g/mol. The zero-order valence-corrected chi connectivity index (χ0v) is 17.4. The minimum atomic E-state index is 0.0373. The van der Waals surface area contributed by atoms with E-state index in [0.717, 1.165) is 44.0 Å². The summed E-state index contributed by atoms with van der Waals surface area (Å²) in [7, 11) is 0. The molecular weight excluding hydrogens is 387 g/mol. The summed E-state index contributed by atoms with van der Waals surface area (Å²) < 4.78 is 11.9. The van der Waals surface area contributed by atoms with Gasteiger partial charge in [-0.1, -0.05) is 37.0 Å². The first-order chi connectivity index (χ1) is 11.6. The Morgan fingerprint density at radius 2 is 1.58 bits per heavy atom. The Morgan fingerprint density at radius 1 is 1.00 bits per heavy atom. The molecule has 1 rings (SSSR count). The fraction of sp³-hybridized carbons (Fsp3) is 0.647. The molecule has 1 aromatic carbocycles. The van der Waals surface area contributed by atoms with Crippen LogP contribution in [-0.2, 0) is 4.74 Å². The van der Waals surface area contributed by atoms with Crippen molar-refractivity contribution in [2.75, 3.05) is 31.3 Å². The molecule has 24 heavy (non-hydrogen) atoms. The topological polar surface area (TPSA) is 38.7 Å². The molecule has 0 aliphatic rings. The van der Waals surface area contributed by atoms with Gasteiger partial charge in [0.1, 0.15) is 5.75 Å². The maximum Gasteiger partial charge on any atom is 0.156 e. The van der Waals surface area contributed by atoms with Crippen LogP contribution in [0.15, 0.2) is 12.1 Å². The number of unbranched alkanes of at least 4 members (excludes halogenated alkanes) is 2. The van der Waals surface area contributed by atoms with Crippen molar-refractivity contribution in [2.24, 2.45) is 0 Å². The number of phenols is 1. The molecule has 0 heterocycles. The molecule has 3 nitrogen and oxygen atoms in total. The first kappa shape index (κ1) is 22.1. The van der Waals surface area contributed by atoms with Crippen molar-refractivity contribution in [1.29, 1.82) is 0 Å². The van der Waals surface area contributed by atoms with Crippen LogP contribution in [0.5, 0.6) is 11.5 Å². The molecular formula is C17H26Cl2O3S2. The predicted molar refractivity (Wildman–Crippen MR) is 108 cm³/mol. The molecule has 0 saturated heterocycles. The van der Waals surface area contributed by atoms with Crippen LogP contribution in [0.1, 0.15) is 33.1 Å². The van der Waals surface area contributed by atoms with Gasteiger partial charge in [-0.2, -0.15) is 0 Å². The lowest BCUT2D eigenvalue weighted by Gasteiger charge is -2.14. The SMILES string of the molecule is CCSC(COCCCCCOc1c(Cl)cc(O)cc1Cl)SCC. The zero-order chi connectivity index (χ0) is 17.8. The van der Waals surface area contributed by atoms with Crippen molar-refractivity contribution in [1.82, 2.24) is 0 Å². The lowest BCUT2D eigenvalue weighted by molar-refractivity contribution is 0.140. The molecule has 1 N–H and O–H groups in total. The smallest absolute Gasteiger partial charge is 0.156 e. The number of benzene rings is 1. The Kier molecular flexibility index (Phi) is 12.2. The first-order valence-electron chi connectivity index (χ1n) is 8.20. The summed E-state index contributed by atoms with van der Waals surface area (Å²) >= 11 is 15.9. The molecule has 0 atom stereocenters. The zero-order valence-electron chi connectivity index (χ0n) is 14.2. The van der Waals surface area contributed by atoms with Gasteiger partial charge in [0, 0.05) is 18.7 Å². The lowest BCUT2D eigenvalue weighted by Crippen LogP contribution is -2.10. The highest BCUT2D eigenvalue weighted by Gasteiger charge is 2.09. The van der Waals surface area contributed by atoms with Crippen molar-refractivity contribution < 1.29 is 14.6 Å². The van der Waals surface area contributed by atoms with Crippen molar-refractivity contribution in [3.63, 3.8) is 0 Å². The number of aromatic hydroxyl groups is 1. The highest BCUT2D eigenvalue weighted by atomic mass is 35.5. The van der Waals surface area contributed by atoms with Gasteiger partial charge < -0.3 is 14.6 Å². The summed E-state index contributed by atoms with van der Waals surface area (Å²) in [5.74, 6) is 2.72. The van der Waals surface area contributed by atoms with Gasteiger partial charge in [-0.05, 0) is 30.8 Å². The van der Waals surface area contributed by atoms with E-state index in [0.29, 0.717) is 27.0 Å². The van der Waals surface area contributed by atoms with Gasteiger partial charge in [0.05, 0.1) is 27.8 Å². The molecule has 0 fully saturated rings. The molecule has 0 saturated carbocycles. The molecule has 7 heteroatoms. The van der Waals surface area contributed by atoms with E-state index in [4.69, 9.17) is 32.7 Å². The van der Waals surface area contributed by atoms with Crippen LogP contribution in [0.3, 0.4) is 0 Å². The van der Waals surface area contributed by atoms with E-state index in [1.807, 2.05) is 23.5 Å². The Hall–Kier alpha value is 0.0600. The second-order valence-electron chi connectivity index (χ2n) is 5.06. The number of rotatable bonds is 13. The van der Waals surface area contributed by atoms with Gasteiger partial charge in [0.2, 0.25) is 0 Å². The highest BCUT2D eigenvalue weighted by molar-refractivity contribution is 8.17. The van der Waals surface area contributed by atoms with E-state index >= 15 is 0 Å². The third kappa shape index (κ3) is 8.95. The van der Waals surface area contributed by atoms with Crippen molar-refractivity contribution in [2.45, 2.75) is 37.7 Å². The van der Waals surface area contributed by atoms with Crippen molar-refractivity contribution in [3.8, 4) is 11.5 Å². The molecule has 0 radical (unpaired) electrons. The van der Waals surface area contributed by atoms with Gasteiger partial charge in [-0.3, -0.25) is 0 Å². The second-order valence-corrected chi connectivity index (χ2v) is 9.14. The van der Waals surface area contributed by atoms with Crippen LogP contribution < -0.4 is 4.74 Å². The third-order valence-corrected chi connectivity index (χ3v) is 6.18. The Bertz CT molecular complexity index is 446. The minimum Gasteiger partial charge on any atom is -0.508 e. The molecule has 0 bridgehead atoms. The number of ether oxygens (including phenoxy) is 2. The van der Waals surface area contributed by atoms with E-state index in [-0.39, 0.29) is 5.75 Å². The number of hydrogen-bond donors (Lipinski definition) is 1. The summed E-state index contributed by atoms with van der Waals surface area (Å²) in [5, 5.41) is 10.0. The Balaban J connectivity index is 2.10. The quantitative estimate of drug-likeness (QED) is 0.313. The van der Waals surface area contributed by atoms with Crippen LogP contribution in [0.4, 0.5) is 0 Å². The summed E-state index contributed by atoms with van der Waals surface area (Å²) in [6, 6.07) is 2.85. The van der Waals surface area contributed by atoms with Gasteiger partial charge in [0.25, 0.3) is 0 Å². The molecule has 0 spiro atoms. The van der Waals surface area contributed by atoms with E-state index in [9.17, 15) is 5.11 Å². The van der Waals surface area contributed by atoms with Crippen LogP contribution in [0.2, 0.25) is 10.0 Å². The number of halogens is 2. The number of phenolic OH excluding ortho intramolecular Hbond substituents is 1. The predicted octanol–water partition coefficient (Wildman–Crippen LogP) is 6.10. The maximum absolute atomic E-state index is 9.38. The van der Waals surface area contributed by atoms with Gasteiger partial charge in [0.15, 0.2) is 5.75 Å². The summed E-state index contributed by atoms with van der Waals surface area (Å²) in [4.78, 5) is 0. The lowest BCUT2D eigenvalue weighted by atomic mass is 10.2. The van der Waals surface area contributed by atoms with Gasteiger partial charge >= 0.3 is 0 Å². The second kappa shape index (κ2) is 13.3. The molecule has 138 valence electrons. The standard InChI is InChI=1S/C17H26Cl2O3S2/c1-3-23-16(24-4-2)12-21-8-6-5-7-9-22-17-14(18)10-13(20)11-15(17)19/h10-11,16,20H,3-9,12H2,1-2H3. The number of hydrogen-bond acceptors (Lipinski definition) is 5. The van der Waals surface area contributed by atoms with Crippen molar-refractivity contribution >= 4 is 46.7 Å². The summed E-state index contributed by atoms with van der Waals surface area (Å²) in [6.07, 6.45) is 2.95.